The molecule has 3 rings (SSSR count). The van der Waals surface area contributed by atoms with Crippen LogP contribution in [0.2, 0.25) is 5.02 Å². The molecule has 0 fully saturated rings. The van der Waals surface area contributed by atoms with Gasteiger partial charge in [0.1, 0.15) is 5.82 Å². The van der Waals surface area contributed by atoms with Crippen molar-refractivity contribution in [3.8, 4) is 5.69 Å². The van der Waals surface area contributed by atoms with Gasteiger partial charge in [-0.2, -0.15) is 0 Å². The number of benzene rings is 2. The van der Waals surface area contributed by atoms with Gasteiger partial charge in [0.2, 0.25) is 5.78 Å². The maximum atomic E-state index is 13.5. The van der Waals surface area contributed by atoms with E-state index in [1.165, 1.54) is 24.3 Å². The van der Waals surface area contributed by atoms with E-state index in [0.29, 0.717) is 27.5 Å². The molecule has 0 unspecified atom stereocenters. The molecule has 6 heteroatoms. The molecule has 2 aromatic carbocycles. The lowest BCUT2D eigenvalue weighted by Gasteiger charge is -2.10. The Morgan fingerprint density at radius 1 is 1.07 bits per heavy atom. The molecule has 0 aliphatic heterocycles. The number of hydrogen-bond donors (Lipinski definition) is 0. The topological polar surface area (TPSA) is 48.3 Å². The highest BCUT2D eigenvalue weighted by atomic mass is 35.5. The molecule has 0 spiro atoms. The second kappa shape index (κ2) is 7.76. The van der Waals surface area contributed by atoms with E-state index in [4.69, 9.17) is 16.3 Å². The van der Waals surface area contributed by atoms with Crippen molar-refractivity contribution < 1.29 is 18.7 Å². The number of halogens is 2. The monoisotopic (exact) mass is 385 g/mol. The number of nitrogens with zero attached hydrogens (tertiary/aromatic N) is 1. The molecule has 0 bridgehead atoms. The summed E-state index contributed by atoms with van der Waals surface area (Å²) in [6.07, 6.45) is 0. The first-order chi connectivity index (χ1) is 12.9. The van der Waals surface area contributed by atoms with Crippen LogP contribution >= 0.6 is 11.6 Å². The summed E-state index contributed by atoms with van der Waals surface area (Å²) in [7, 11) is 0. The molecule has 0 saturated heterocycles. The fourth-order valence-electron chi connectivity index (χ4n) is 2.94. The normalized spacial score (nSPS) is 10.7. The second-order valence-electron chi connectivity index (χ2n) is 6.11. The van der Waals surface area contributed by atoms with E-state index in [1.54, 1.807) is 41.8 Å². The summed E-state index contributed by atoms with van der Waals surface area (Å²) < 4.78 is 20.4. The van der Waals surface area contributed by atoms with Gasteiger partial charge in [0.15, 0.2) is 6.61 Å². The molecule has 0 saturated carbocycles. The third-order valence-electron chi connectivity index (χ3n) is 4.21. The highest BCUT2D eigenvalue weighted by molar-refractivity contribution is 6.30. The minimum Gasteiger partial charge on any atom is -0.454 e. The van der Waals surface area contributed by atoms with Crippen molar-refractivity contribution in [1.82, 2.24) is 4.57 Å². The maximum Gasteiger partial charge on any atom is 0.338 e. The zero-order chi connectivity index (χ0) is 19.6. The lowest BCUT2D eigenvalue weighted by Crippen LogP contribution is -2.15. The van der Waals surface area contributed by atoms with Crippen molar-refractivity contribution >= 4 is 23.4 Å². The average Bonchev–Trinajstić information content (AvgIpc) is 2.94. The molecule has 0 N–H and O–H groups in total. The first-order valence-corrected chi connectivity index (χ1v) is 8.65. The van der Waals surface area contributed by atoms with Gasteiger partial charge in [-0.1, -0.05) is 17.7 Å². The van der Waals surface area contributed by atoms with Gasteiger partial charge in [-0.3, -0.25) is 4.79 Å². The largest absolute Gasteiger partial charge is 0.454 e. The van der Waals surface area contributed by atoms with Crippen LogP contribution in [-0.2, 0) is 4.74 Å². The van der Waals surface area contributed by atoms with E-state index in [2.05, 4.69) is 0 Å². The van der Waals surface area contributed by atoms with Gasteiger partial charge in [0.05, 0.1) is 5.56 Å². The van der Waals surface area contributed by atoms with E-state index < -0.39 is 5.97 Å². The average molecular weight is 386 g/mol. The molecule has 0 radical (unpaired) electrons. The minimum absolute atomic E-state index is 0.317. The molecule has 4 nitrogen and oxygen atoms in total. The Morgan fingerprint density at radius 2 is 1.78 bits per heavy atom. The van der Waals surface area contributed by atoms with Crippen molar-refractivity contribution in [3.05, 3.63) is 88.0 Å². The van der Waals surface area contributed by atoms with Gasteiger partial charge in [-0.15, -0.1) is 0 Å². The van der Waals surface area contributed by atoms with Crippen molar-refractivity contribution in [2.75, 3.05) is 6.61 Å². The van der Waals surface area contributed by atoms with Crippen LogP contribution in [0, 0.1) is 19.7 Å². The van der Waals surface area contributed by atoms with Crippen LogP contribution in [-0.4, -0.2) is 22.9 Å². The van der Waals surface area contributed by atoms with Crippen LogP contribution in [0.5, 0.6) is 0 Å². The summed E-state index contributed by atoms with van der Waals surface area (Å²) in [5.41, 5.74) is 2.82. The Kier molecular flexibility index (Phi) is 5.42. The number of rotatable bonds is 5. The third kappa shape index (κ3) is 4.09. The Bertz CT molecular complexity index is 1010. The number of carbonyl (C=O) groups is 2. The van der Waals surface area contributed by atoms with Crippen LogP contribution in [0.25, 0.3) is 5.69 Å². The zero-order valence-corrected chi connectivity index (χ0v) is 15.6. The number of carbonyl (C=O) groups excluding carboxylic acids is 2. The third-order valence-corrected chi connectivity index (χ3v) is 4.46. The Hall–Kier alpha value is -2.92. The van der Waals surface area contributed by atoms with Crippen molar-refractivity contribution in [3.63, 3.8) is 0 Å². The summed E-state index contributed by atoms with van der Waals surface area (Å²) in [6.45, 7) is 3.22. The van der Waals surface area contributed by atoms with Crippen molar-refractivity contribution in [2.45, 2.75) is 13.8 Å². The number of esters is 1. The Balaban J connectivity index is 1.77. The number of Topliss-reactive ketones (excluding diaryl/α,β-unsaturated/α-hetero) is 1. The summed E-state index contributed by atoms with van der Waals surface area (Å²) in [6, 6.07) is 14.1. The molecule has 0 aliphatic carbocycles. The minimum atomic E-state index is -0.598. The molecule has 0 atom stereocenters. The van der Waals surface area contributed by atoms with Gasteiger partial charge >= 0.3 is 5.97 Å². The van der Waals surface area contributed by atoms with Gasteiger partial charge in [0, 0.05) is 27.7 Å². The summed E-state index contributed by atoms with van der Waals surface area (Å²) in [5, 5.41) is 0.507. The van der Waals surface area contributed by atoms with E-state index in [0.717, 1.165) is 5.69 Å². The fourth-order valence-corrected chi connectivity index (χ4v) is 3.06. The number of aromatic nitrogens is 1. The first-order valence-electron chi connectivity index (χ1n) is 8.27. The Morgan fingerprint density at radius 3 is 2.44 bits per heavy atom. The lowest BCUT2D eigenvalue weighted by molar-refractivity contribution is 0.0474. The molecular weight excluding hydrogens is 369 g/mol. The van der Waals surface area contributed by atoms with Crippen LogP contribution in [0.3, 0.4) is 0 Å². The first kappa shape index (κ1) is 18.9. The van der Waals surface area contributed by atoms with Crippen LogP contribution in [0.1, 0.15) is 32.1 Å². The van der Waals surface area contributed by atoms with Gasteiger partial charge in [-0.25, -0.2) is 9.18 Å². The van der Waals surface area contributed by atoms with Crippen LogP contribution < -0.4 is 0 Å². The van der Waals surface area contributed by atoms with Crippen LogP contribution in [0.15, 0.2) is 54.6 Å². The van der Waals surface area contributed by atoms with Crippen LogP contribution in [0.4, 0.5) is 4.39 Å². The molecule has 138 valence electrons. The second-order valence-corrected chi connectivity index (χ2v) is 6.54. The highest BCUT2D eigenvalue weighted by Crippen LogP contribution is 2.22. The number of ether oxygens (including phenoxy) is 1. The molecule has 3 aromatic rings. The lowest BCUT2D eigenvalue weighted by atomic mass is 10.1. The van der Waals surface area contributed by atoms with Gasteiger partial charge < -0.3 is 9.30 Å². The number of ketones is 1. The molecule has 0 aliphatic rings. The Labute approximate surface area is 161 Å². The van der Waals surface area contributed by atoms with E-state index in [1.807, 2.05) is 6.92 Å². The summed E-state index contributed by atoms with van der Waals surface area (Å²) >= 11 is 5.79. The maximum absolute atomic E-state index is 13.5. The summed E-state index contributed by atoms with van der Waals surface area (Å²) in [5.74, 6) is -1.28. The fraction of sp³-hybridized carbons (Fsp3) is 0.143. The molecule has 1 heterocycles. The van der Waals surface area contributed by atoms with Crippen molar-refractivity contribution in [1.29, 1.82) is 0 Å². The highest BCUT2D eigenvalue weighted by Gasteiger charge is 2.19. The van der Waals surface area contributed by atoms with Gasteiger partial charge in [-0.05, 0) is 62.4 Å². The SMILES string of the molecule is Cc1cc(C(=O)COC(=O)c2ccc(Cl)cc2)c(C)n1-c1cccc(F)c1. The zero-order valence-electron chi connectivity index (χ0n) is 14.8. The van der Waals surface area contributed by atoms with E-state index in [9.17, 15) is 14.0 Å². The molecular formula is C21H17ClFNO3. The number of aryl methyl sites for hydroxylation is 1. The number of hydrogen-bond acceptors (Lipinski definition) is 3. The summed E-state index contributed by atoms with van der Waals surface area (Å²) in [4.78, 5) is 24.6. The quantitative estimate of drug-likeness (QED) is 0.462. The molecule has 0 amide bonds. The predicted molar refractivity (Wildman–Crippen MR) is 101 cm³/mol. The smallest absolute Gasteiger partial charge is 0.338 e. The standard InChI is InChI=1S/C21H17ClFNO3/c1-13-10-19(14(2)24(13)18-5-3-4-17(23)11-18)20(25)12-27-21(26)15-6-8-16(22)9-7-15/h3-11H,12H2,1-2H3. The molecule has 1 aromatic heterocycles. The van der Waals surface area contributed by atoms with Gasteiger partial charge in [0.25, 0.3) is 0 Å². The molecule has 27 heavy (non-hydrogen) atoms. The van der Waals surface area contributed by atoms with E-state index in [-0.39, 0.29) is 18.2 Å². The van der Waals surface area contributed by atoms with Crippen molar-refractivity contribution in [2.24, 2.45) is 0 Å². The van der Waals surface area contributed by atoms with E-state index >= 15 is 0 Å². The predicted octanol–water partition coefficient (Wildman–Crippen LogP) is 4.93.